The van der Waals surface area contributed by atoms with Gasteiger partial charge in [-0.2, -0.15) is 0 Å². The summed E-state index contributed by atoms with van der Waals surface area (Å²) < 4.78 is 21.5. The molecule has 0 amide bonds. The van der Waals surface area contributed by atoms with Crippen molar-refractivity contribution in [3.05, 3.63) is 0 Å². The van der Waals surface area contributed by atoms with Crippen LogP contribution in [0.5, 0.6) is 0 Å². The highest BCUT2D eigenvalue weighted by atomic mass is 16.6. The van der Waals surface area contributed by atoms with E-state index in [2.05, 4.69) is 0 Å². The van der Waals surface area contributed by atoms with E-state index in [1.165, 1.54) is 7.11 Å². The number of carbonyl (C=O) groups is 2. The third kappa shape index (κ3) is 5.93. The van der Waals surface area contributed by atoms with Gasteiger partial charge in [-0.25, -0.2) is 4.79 Å². The van der Waals surface area contributed by atoms with Crippen LogP contribution in [0.1, 0.15) is 53.4 Å². The summed E-state index contributed by atoms with van der Waals surface area (Å²) in [4.78, 5) is 24.1. The Morgan fingerprint density at radius 2 is 1.77 bits per heavy atom. The zero-order valence-electron chi connectivity index (χ0n) is 14.6. The predicted molar refractivity (Wildman–Crippen MR) is 82.5 cm³/mol. The first-order chi connectivity index (χ1) is 10.4. The van der Waals surface area contributed by atoms with Crippen molar-refractivity contribution in [3.8, 4) is 0 Å². The number of methoxy groups -OCH3 is 2. The van der Waals surface area contributed by atoms with Crippen molar-refractivity contribution in [1.82, 2.24) is 0 Å². The Morgan fingerprint density at radius 1 is 1.14 bits per heavy atom. The van der Waals surface area contributed by atoms with Crippen molar-refractivity contribution in [1.29, 1.82) is 0 Å². The number of ether oxygens (including phenoxy) is 4. The lowest BCUT2D eigenvalue weighted by Crippen LogP contribution is -2.54. The summed E-state index contributed by atoms with van der Waals surface area (Å²) in [6, 6.07) is 0. The molecule has 0 aliphatic heterocycles. The van der Waals surface area contributed by atoms with Crippen LogP contribution in [0.4, 0.5) is 0 Å². The van der Waals surface area contributed by atoms with Crippen molar-refractivity contribution in [2.45, 2.75) is 71.2 Å². The molecule has 0 rings (SSSR count). The average molecular weight is 318 g/mol. The molecule has 3 atom stereocenters. The van der Waals surface area contributed by atoms with E-state index in [-0.39, 0.29) is 18.5 Å². The second-order valence-electron chi connectivity index (χ2n) is 5.25. The van der Waals surface area contributed by atoms with Gasteiger partial charge in [0.05, 0.1) is 13.2 Å². The van der Waals surface area contributed by atoms with E-state index in [4.69, 9.17) is 18.9 Å². The van der Waals surface area contributed by atoms with Gasteiger partial charge in [0.2, 0.25) is 0 Å². The summed E-state index contributed by atoms with van der Waals surface area (Å²) in [5, 5.41) is 0. The molecule has 0 N–H and O–H groups in total. The Bertz CT molecular complexity index is 344. The summed E-state index contributed by atoms with van der Waals surface area (Å²) in [6.07, 6.45) is 0.662. The number of hydrogen-bond donors (Lipinski definition) is 0. The molecule has 3 unspecified atom stereocenters. The summed E-state index contributed by atoms with van der Waals surface area (Å²) >= 11 is 0. The van der Waals surface area contributed by atoms with Crippen LogP contribution in [-0.2, 0) is 28.5 Å². The lowest BCUT2D eigenvalue weighted by molar-refractivity contribution is -0.199. The summed E-state index contributed by atoms with van der Waals surface area (Å²) in [7, 11) is 2.88. The highest BCUT2D eigenvalue weighted by molar-refractivity contribution is 5.77. The average Bonchev–Trinajstić information content (AvgIpc) is 2.51. The molecule has 6 heteroatoms. The Balaban J connectivity index is 5.70. The molecular formula is C16H30O6. The molecule has 0 bridgehead atoms. The Morgan fingerprint density at radius 3 is 2.18 bits per heavy atom. The fourth-order valence-electron chi connectivity index (χ4n) is 2.49. The molecule has 0 heterocycles. The second-order valence-corrected chi connectivity index (χ2v) is 5.25. The van der Waals surface area contributed by atoms with E-state index < -0.39 is 17.7 Å². The molecule has 0 aromatic carbocycles. The van der Waals surface area contributed by atoms with Crippen LogP contribution in [0.25, 0.3) is 0 Å². The lowest BCUT2D eigenvalue weighted by atomic mass is 9.85. The highest BCUT2D eigenvalue weighted by Crippen LogP contribution is 2.32. The van der Waals surface area contributed by atoms with Gasteiger partial charge in [0.15, 0.2) is 11.7 Å². The quantitative estimate of drug-likeness (QED) is 0.545. The monoisotopic (exact) mass is 318 g/mol. The molecule has 0 aliphatic carbocycles. The Hall–Kier alpha value is -1.14. The first kappa shape index (κ1) is 20.9. The fraction of sp³-hybridized carbons (Fsp3) is 0.875. The van der Waals surface area contributed by atoms with Gasteiger partial charge in [0.25, 0.3) is 0 Å². The SMILES string of the molecule is CCCC(CC(C)OC)(OC(=O)CC)C(OCC)C(=O)OC. The Labute approximate surface area is 133 Å². The van der Waals surface area contributed by atoms with Crippen molar-refractivity contribution in [2.75, 3.05) is 20.8 Å². The smallest absolute Gasteiger partial charge is 0.339 e. The molecule has 22 heavy (non-hydrogen) atoms. The predicted octanol–water partition coefficient (Wildman–Crippen LogP) is 2.48. The molecule has 0 aromatic rings. The molecule has 0 aromatic heterocycles. The molecule has 6 nitrogen and oxygen atoms in total. The second kappa shape index (κ2) is 10.6. The minimum atomic E-state index is -1.08. The first-order valence-corrected chi connectivity index (χ1v) is 7.84. The number of hydrogen-bond acceptors (Lipinski definition) is 6. The van der Waals surface area contributed by atoms with E-state index in [1.54, 1.807) is 21.0 Å². The standard InChI is InChI=1S/C16H30O6/c1-7-10-16(11-12(4)19-5,22-13(17)8-2)14(21-9-3)15(18)20-6/h12,14H,7-11H2,1-6H3. The van der Waals surface area contributed by atoms with Gasteiger partial charge < -0.3 is 18.9 Å². The van der Waals surface area contributed by atoms with Gasteiger partial charge in [-0.1, -0.05) is 20.3 Å². The van der Waals surface area contributed by atoms with Crippen LogP contribution in [0.15, 0.2) is 0 Å². The molecule has 0 radical (unpaired) electrons. The minimum absolute atomic E-state index is 0.191. The Kier molecular flexibility index (Phi) is 10.0. The van der Waals surface area contributed by atoms with E-state index in [9.17, 15) is 9.59 Å². The van der Waals surface area contributed by atoms with Crippen LogP contribution in [0.2, 0.25) is 0 Å². The van der Waals surface area contributed by atoms with Crippen LogP contribution in [0.3, 0.4) is 0 Å². The van der Waals surface area contributed by atoms with Crippen LogP contribution >= 0.6 is 0 Å². The molecule has 0 fully saturated rings. The van der Waals surface area contributed by atoms with Crippen molar-refractivity contribution in [2.24, 2.45) is 0 Å². The van der Waals surface area contributed by atoms with Crippen molar-refractivity contribution in [3.63, 3.8) is 0 Å². The van der Waals surface area contributed by atoms with Crippen molar-refractivity contribution < 1.29 is 28.5 Å². The van der Waals surface area contributed by atoms with E-state index in [0.717, 1.165) is 6.42 Å². The number of carbonyl (C=O) groups excluding carboxylic acids is 2. The van der Waals surface area contributed by atoms with Gasteiger partial charge >= 0.3 is 11.9 Å². The molecule has 0 saturated heterocycles. The first-order valence-electron chi connectivity index (χ1n) is 7.84. The molecule has 130 valence electrons. The molecule has 0 aliphatic rings. The van der Waals surface area contributed by atoms with Crippen LogP contribution in [0, 0.1) is 0 Å². The van der Waals surface area contributed by atoms with Gasteiger partial charge in [0, 0.05) is 26.6 Å². The summed E-state index contributed by atoms with van der Waals surface area (Å²) in [6.45, 7) is 7.65. The molecule has 0 spiro atoms. The van der Waals surface area contributed by atoms with E-state index in [1.807, 2.05) is 13.8 Å². The van der Waals surface area contributed by atoms with E-state index in [0.29, 0.717) is 19.4 Å². The highest BCUT2D eigenvalue weighted by Gasteiger charge is 2.48. The molecular weight excluding hydrogens is 288 g/mol. The summed E-state index contributed by atoms with van der Waals surface area (Å²) in [5.74, 6) is -0.909. The largest absolute Gasteiger partial charge is 0.467 e. The fourth-order valence-corrected chi connectivity index (χ4v) is 2.49. The van der Waals surface area contributed by atoms with Crippen LogP contribution in [-0.4, -0.2) is 50.6 Å². The zero-order chi connectivity index (χ0) is 17.2. The number of esters is 2. The van der Waals surface area contributed by atoms with Gasteiger partial charge in [-0.3, -0.25) is 4.79 Å². The topological polar surface area (TPSA) is 71.1 Å². The maximum absolute atomic E-state index is 12.2. The maximum Gasteiger partial charge on any atom is 0.339 e. The maximum atomic E-state index is 12.2. The lowest BCUT2D eigenvalue weighted by Gasteiger charge is -2.39. The third-order valence-electron chi connectivity index (χ3n) is 3.54. The van der Waals surface area contributed by atoms with Crippen molar-refractivity contribution >= 4 is 11.9 Å². The third-order valence-corrected chi connectivity index (χ3v) is 3.54. The normalized spacial score (nSPS) is 16.5. The van der Waals surface area contributed by atoms with E-state index >= 15 is 0 Å². The zero-order valence-corrected chi connectivity index (χ0v) is 14.6. The van der Waals surface area contributed by atoms with Gasteiger partial charge in [0.1, 0.15) is 0 Å². The van der Waals surface area contributed by atoms with Gasteiger partial charge in [-0.05, 0) is 20.3 Å². The van der Waals surface area contributed by atoms with Gasteiger partial charge in [-0.15, -0.1) is 0 Å². The summed E-state index contributed by atoms with van der Waals surface area (Å²) in [5.41, 5.74) is -1.08. The van der Waals surface area contributed by atoms with Crippen LogP contribution < -0.4 is 0 Å². The number of rotatable bonds is 11. The minimum Gasteiger partial charge on any atom is -0.467 e. The molecule has 0 saturated carbocycles.